The fraction of sp³-hybridized carbons (Fsp3) is 0.542. The van der Waals surface area contributed by atoms with Gasteiger partial charge in [-0.2, -0.15) is 0 Å². The molecule has 2 aromatic rings. The molecule has 2 rings (SSSR count). The van der Waals surface area contributed by atoms with Gasteiger partial charge in [0.25, 0.3) is 0 Å². The SMILES string of the molecule is CCCCCCCc1ccc(-c2ncc(OC(=O)CCCCCC)cn2)cc1. The lowest BCUT2D eigenvalue weighted by Gasteiger charge is -2.06. The molecular weight excluding hydrogens is 348 g/mol. The number of hydrogen-bond donors (Lipinski definition) is 0. The average molecular weight is 383 g/mol. The van der Waals surface area contributed by atoms with Crippen molar-refractivity contribution in [3.8, 4) is 17.1 Å². The molecule has 0 radical (unpaired) electrons. The number of rotatable bonds is 13. The molecule has 0 atom stereocenters. The number of ether oxygens (including phenoxy) is 1. The second-order valence-electron chi connectivity index (χ2n) is 7.39. The minimum Gasteiger partial charge on any atom is -0.423 e. The molecule has 0 spiro atoms. The number of hydrogen-bond acceptors (Lipinski definition) is 4. The van der Waals surface area contributed by atoms with Crippen molar-refractivity contribution >= 4 is 5.97 Å². The normalized spacial score (nSPS) is 10.8. The summed E-state index contributed by atoms with van der Waals surface area (Å²) in [6, 6.07) is 8.44. The van der Waals surface area contributed by atoms with Crippen LogP contribution in [0.25, 0.3) is 11.4 Å². The highest BCUT2D eigenvalue weighted by Gasteiger charge is 2.07. The summed E-state index contributed by atoms with van der Waals surface area (Å²) in [5.41, 5.74) is 2.33. The van der Waals surface area contributed by atoms with E-state index in [2.05, 4.69) is 48.1 Å². The van der Waals surface area contributed by atoms with Crippen LogP contribution in [0.2, 0.25) is 0 Å². The van der Waals surface area contributed by atoms with Crippen LogP contribution in [0, 0.1) is 0 Å². The van der Waals surface area contributed by atoms with Crippen molar-refractivity contribution in [2.75, 3.05) is 0 Å². The zero-order chi connectivity index (χ0) is 20.0. The first-order chi connectivity index (χ1) is 13.7. The van der Waals surface area contributed by atoms with Crippen molar-refractivity contribution in [3.63, 3.8) is 0 Å². The van der Waals surface area contributed by atoms with Gasteiger partial charge in [-0.3, -0.25) is 4.79 Å². The molecule has 0 amide bonds. The predicted octanol–water partition coefficient (Wildman–Crippen LogP) is 6.53. The molecule has 0 unspecified atom stereocenters. The van der Waals surface area contributed by atoms with Crippen LogP contribution in [0.15, 0.2) is 36.7 Å². The number of unbranched alkanes of at least 4 members (excludes halogenated alkanes) is 7. The van der Waals surface area contributed by atoms with Crippen LogP contribution >= 0.6 is 0 Å². The largest absolute Gasteiger partial charge is 0.423 e. The third-order valence-electron chi connectivity index (χ3n) is 4.88. The monoisotopic (exact) mass is 382 g/mol. The number of aryl methyl sites for hydroxylation is 1. The minimum atomic E-state index is -0.212. The van der Waals surface area contributed by atoms with Gasteiger partial charge in [0.05, 0.1) is 12.4 Å². The molecule has 0 saturated carbocycles. The molecule has 152 valence electrons. The summed E-state index contributed by atoms with van der Waals surface area (Å²) in [5.74, 6) is 0.848. The van der Waals surface area contributed by atoms with E-state index in [-0.39, 0.29) is 5.97 Å². The number of esters is 1. The number of carbonyl (C=O) groups excluding carboxylic acids is 1. The Morgan fingerprint density at radius 2 is 1.43 bits per heavy atom. The van der Waals surface area contributed by atoms with E-state index in [1.807, 2.05) is 0 Å². The summed E-state index contributed by atoms with van der Waals surface area (Å²) < 4.78 is 5.31. The molecule has 0 aliphatic carbocycles. The molecule has 28 heavy (non-hydrogen) atoms. The molecule has 0 N–H and O–H groups in total. The topological polar surface area (TPSA) is 52.1 Å². The predicted molar refractivity (Wildman–Crippen MR) is 114 cm³/mol. The zero-order valence-corrected chi connectivity index (χ0v) is 17.5. The Morgan fingerprint density at radius 3 is 2.07 bits per heavy atom. The first-order valence-electron chi connectivity index (χ1n) is 10.8. The quantitative estimate of drug-likeness (QED) is 0.292. The highest BCUT2D eigenvalue weighted by Crippen LogP contribution is 2.19. The lowest BCUT2D eigenvalue weighted by Crippen LogP contribution is -2.08. The molecule has 0 aliphatic heterocycles. The second kappa shape index (κ2) is 13.0. The van der Waals surface area contributed by atoms with E-state index >= 15 is 0 Å². The number of carbonyl (C=O) groups is 1. The van der Waals surface area contributed by atoms with E-state index in [9.17, 15) is 4.79 Å². The second-order valence-corrected chi connectivity index (χ2v) is 7.39. The fourth-order valence-corrected chi connectivity index (χ4v) is 3.15. The third kappa shape index (κ3) is 8.20. The van der Waals surface area contributed by atoms with Crippen molar-refractivity contribution in [2.24, 2.45) is 0 Å². The Balaban J connectivity index is 1.79. The van der Waals surface area contributed by atoms with Gasteiger partial charge in [0.2, 0.25) is 0 Å². The Morgan fingerprint density at radius 1 is 0.821 bits per heavy atom. The number of aromatic nitrogens is 2. The molecule has 0 aliphatic rings. The van der Waals surface area contributed by atoms with Crippen molar-refractivity contribution in [1.82, 2.24) is 9.97 Å². The van der Waals surface area contributed by atoms with E-state index in [4.69, 9.17) is 4.74 Å². The van der Waals surface area contributed by atoms with Gasteiger partial charge in [0.15, 0.2) is 11.6 Å². The lowest BCUT2D eigenvalue weighted by atomic mass is 10.0. The minimum absolute atomic E-state index is 0.212. The number of benzene rings is 1. The highest BCUT2D eigenvalue weighted by molar-refractivity contribution is 5.72. The molecular formula is C24H34N2O2. The van der Waals surface area contributed by atoms with Gasteiger partial charge in [-0.05, 0) is 24.8 Å². The van der Waals surface area contributed by atoms with Crippen LogP contribution in [0.5, 0.6) is 5.75 Å². The summed E-state index contributed by atoms with van der Waals surface area (Å²) in [7, 11) is 0. The summed E-state index contributed by atoms with van der Waals surface area (Å²) in [5, 5.41) is 0. The van der Waals surface area contributed by atoms with E-state index in [1.54, 1.807) is 12.4 Å². The summed E-state index contributed by atoms with van der Waals surface area (Å²) in [4.78, 5) is 20.5. The van der Waals surface area contributed by atoms with E-state index < -0.39 is 0 Å². The maximum absolute atomic E-state index is 11.8. The Labute approximate surface area is 169 Å². The van der Waals surface area contributed by atoms with Crippen LogP contribution in [-0.4, -0.2) is 15.9 Å². The standard InChI is InChI=1S/C24H34N2O2/c1-3-5-7-9-10-12-20-14-16-21(17-15-20)24-25-18-22(19-26-24)28-23(27)13-11-8-6-4-2/h14-19H,3-13H2,1-2H3. The van der Waals surface area contributed by atoms with Crippen LogP contribution in [0.3, 0.4) is 0 Å². The summed E-state index contributed by atoms with van der Waals surface area (Å²) in [6.07, 6.45) is 15.5. The maximum atomic E-state index is 11.8. The van der Waals surface area contributed by atoms with E-state index in [0.717, 1.165) is 37.7 Å². The molecule has 1 aromatic carbocycles. The first kappa shape index (κ1) is 22.1. The molecule has 0 saturated heterocycles. The van der Waals surface area contributed by atoms with Crippen molar-refractivity contribution in [3.05, 3.63) is 42.2 Å². The lowest BCUT2D eigenvalue weighted by molar-refractivity contribution is -0.134. The fourth-order valence-electron chi connectivity index (χ4n) is 3.15. The van der Waals surface area contributed by atoms with E-state index in [0.29, 0.717) is 18.0 Å². The maximum Gasteiger partial charge on any atom is 0.311 e. The van der Waals surface area contributed by atoms with Gasteiger partial charge < -0.3 is 4.74 Å². The molecule has 4 nitrogen and oxygen atoms in total. The summed E-state index contributed by atoms with van der Waals surface area (Å²) in [6.45, 7) is 4.39. The van der Waals surface area contributed by atoms with Gasteiger partial charge in [-0.15, -0.1) is 0 Å². The zero-order valence-electron chi connectivity index (χ0n) is 17.5. The first-order valence-corrected chi connectivity index (χ1v) is 10.8. The van der Waals surface area contributed by atoms with Gasteiger partial charge >= 0.3 is 5.97 Å². The van der Waals surface area contributed by atoms with Gasteiger partial charge in [0.1, 0.15) is 0 Å². The molecule has 0 bridgehead atoms. The molecule has 4 heteroatoms. The third-order valence-corrected chi connectivity index (χ3v) is 4.88. The molecule has 1 aromatic heterocycles. The van der Waals surface area contributed by atoms with Crippen molar-refractivity contribution in [2.45, 2.75) is 84.5 Å². The Hall–Kier alpha value is -2.23. The Kier molecular flexibility index (Phi) is 10.3. The highest BCUT2D eigenvalue weighted by atomic mass is 16.5. The smallest absolute Gasteiger partial charge is 0.311 e. The molecule has 1 heterocycles. The van der Waals surface area contributed by atoms with E-state index in [1.165, 1.54) is 37.7 Å². The number of nitrogens with zero attached hydrogens (tertiary/aromatic N) is 2. The van der Waals surface area contributed by atoms with Crippen LogP contribution < -0.4 is 4.74 Å². The van der Waals surface area contributed by atoms with Crippen molar-refractivity contribution in [1.29, 1.82) is 0 Å². The molecule has 0 fully saturated rings. The Bertz CT molecular complexity index is 681. The van der Waals surface area contributed by atoms with Gasteiger partial charge in [-0.25, -0.2) is 9.97 Å². The summed E-state index contributed by atoms with van der Waals surface area (Å²) >= 11 is 0. The average Bonchev–Trinajstić information content (AvgIpc) is 2.72. The van der Waals surface area contributed by atoms with Gasteiger partial charge in [-0.1, -0.05) is 83.1 Å². The van der Waals surface area contributed by atoms with Gasteiger partial charge in [0, 0.05) is 12.0 Å². The van der Waals surface area contributed by atoms with Crippen LogP contribution in [-0.2, 0) is 11.2 Å². The van der Waals surface area contributed by atoms with Crippen LogP contribution in [0.4, 0.5) is 0 Å². The van der Waals surface area contributed by atoms with Crippen LogP contribution in [0.1, 0.15) is 83.6 Å². The van der Waals surface area contributed by atoms with Crippen molar-refractivity contribution < 1.29 is 9.53 Å².